The van der Waals surface area contributed by atoms with Gasteiger partial charge in [-0.15, -0.1) is 0 Å². The predicted octanol–water partition coefficient (Wildman–Crippen LogP) is 8.04. The van der Waals surface area contributed by atoms with Crippen LogP contribution in [-0.2, 0) is 0 Å². The van der Waals surface area contributed by atoms with Gasteiger partial charge in [0.05, 0.1) is 0 Å². The van der Waals surface area contributed by atoms with Gasteiger partial charge in [0.25, 0.3) is 0 Å². The lowest BCUT2D eigenvalue weighted by molar-refractivity contribution is 0.670. The number of rotatable bonds is 3. The lowest BCUT2D eigenvalue weighted by Gasteiger charge is -2.10. The van der Waals surface area contributed by atoms with E-state index in [1.807, 2.05) is 12.1 Å². The van der Waals surface area contributed by atoms with Gasteiger partial charge in [-0.1, -0.05) is 92.7 Å². The van der Waals surface area contributed by atoms with Crippen LogP contribution < -0.4 is 0 Å². The molecule has 1 heterocycles. The van der Waals surface area contributed by atoms with Gasteiger partial charge in [-0.3, -0.25) is 0 Å². The molecule has 1 heteroatoms. The smallest absolute Gasteiger partial charge is 0.143 e. The first-order chi connectivity index (χ1) is 13.7. The summed E-state index contributed by atoms with van der Waals surface area (Å²) in [4.78, 5) is 0. The molecule has 4 aromatic carbocycles. The molecule has 0 saturated heterocycles. The molecule has 28 heavy (non-hydrogen) atoms. The second-order valence-corrected chi connectivity index (χ2v) is 7.64. The van der Waals surface area contributed by atoms with Crippen LogP contribution in [0.3, 0.4) is 0 Å². The zero-order chi connectivity index (χ0) is 19.1. The third-order valence-electron chi connectivity index (χ3n) is 5.46. The molecule has 1 nitrogen and oxygen atoms in total. The second-order valence-electron chi connectivity index (χ2n) is 7.64. The third-order valence-corrected chi connectivity index (χ3v) is 5.46. The number of hydrogen-bond donors (Lipinski definition) is 0. The normalized spacial score (nSPS) is 11.5. The average Bonchev–Trinajstić information content (AvgIpc) is 3.13. The van der Waals surface area contributed by atoms with Crippen LogP contribution in [0.1, 0.15) is 25.3 Å². The van der Waals surface area contributed by atoms with E-state index >= 15 is 0 Å². The molecule has 0 amide bonds. The monoisotopic (exact) mass is 362 g/mol. The maximum Gasteiger partial charge on any atom is 0.143 e. The van der Waals surface area contributed by atoms with E-state index < -0.39 is 0 Å². The van der Waals surface area contributed by atoms with Gasteiger partial charge in [-0.05, 0) is 40.3 Å². The van der Waals surface area contributed by atoms with Crippen LogP contribution in [0, 0.1) is 0 Å². The molecule has 136 valence electrons. The molecule has 0 aliphatic carbocycles. The minimum absolute atomic E-state index is 0.521. The van der Waals surface area contributed by atoms with Crippen molar-refractivity contribution in [2.24, 2.45) is 0 Å². The standard InChI is InChI=1S/C27H22O/c1-18(2)19-8-5-9-20(16-19)21-10-6-11-22(17-21)23-13-7-14-25-24-12-3-4-15-26(24)28-27(23)25/h3-18H,1-2H3. The molecule has 0 aliphatic heterocycles. The van der Waals surface area contributed by atoms with E-state index in [2.05, 4.69) is 92.7 Å². The molecule has 0 radical (unpaired) electrons. The van der Waals surface area contributed by atoms with Crippen molar-refractivity contribution in [2.75, 3.05) is 0 Å². The number of fused-ring (bicyclic) bond motifs is 3. The first-order valence-corrected chi connectivity index (χ1v) is 9.82. The number of benzene rings is 4. The molecule has 0 unspecified atom stereocenters. The molecular weight excluding hydrogens is 340 g/mol. The van der Waals surface area contributed by atoms with Gasteiger partial charge in [0.2, 0.25) is 0 Å². The Kier molecular flexibility index (Phi) is 4.02. The van der Waals surface area contributed by atoms with Crippen LogP contribution in [-0.4, -0.2) is 0 Å². The lowest BCUT2D eigenvalue weighted by Crippen LogP contribution is -1.88. The van der Waals surface area contributed by atoms with Gasteiger partial charge < -0.3 is 4.42 Å². The number of hydrogen-bond acceptors (Lipinski definition) is 1. The van der Waals surface area contributed by atoms with Crippen molar-refractivity contribution >= 4 is 21.9 Å². The Bertz CT molecular complexity index is 1290. The summed E-state index contributed by atoms with van der Waals surface area (Å²) in [7, 11) is 0. The maximum atomic E-state index is 6.23. The first kappa shape index (κ1) is 16.8. The molecule has 1 aromatic heterocycles. The second kappa shape index (κ2) is 6.69. The molecular formula is C27H22O. The van der Waals surface area contributed by atoms with Gasteiger partial charge >= 0.3 is 0 Å². The number of para-hydroxylation sites is 2. The maximum absolute atomic E-state index is 6.23. The zero-order valence-electron chi connectivity index (χ0n) is 16.1. The van der Waals surface area contributed by atoms with Crippen molar-refractivity contribution in [3.8, 4) is 22.3 Å². The highest BCUT2D eigenvalue weighted by atomic mass is 16.3. The van der Waals surface area contributed by atoms with Crippen molar-refractivity contribution < 1.29 is 4.42 Å². The molecule has 0 spiro atoms. The summed E-state index contributed by atoms with van der Waals surface area (Å²) in [5.74, 6) is 0.521. The molecule has 0 atom stereocenters. The molecule has 0 aliphatic rings. The van der Waals surface area contributed by atoms with Crippen molar-refractivity contribution in [1.82, 2.24) is 0 Å². The fourth-order valence-corrected chi connectivity index (χ4v) is 3.92. The van der Waals surface area contributed by atoms with Crippen molar-refractivity contribution in [3.05, 3.63) is 96.6 Å². The van der Waals surface area contributed by atoms with E-state index in [-0.39, 0.29) is 0 Å². The first-order valence-electron chi connectivity index (χ1n) is 9.82. The van der Waals surface area contributed by atoms with E-state index in [0.717, 1.165) is 16.7 Å². The minimum atomic E-state index is 0.521. The Hall–Kier alpha value is -3.32. The minimum Gasteiger partial charge on any atom is -0.455 e. The molecule has 5 aromatic rings. The summed E-state index contributed by atoms with van der Waals surface area (Å²) < 4.78 is 6.23. The average molecular weight is 362 g/mol. The zero-order valence-corrected chi connectivity index (χ0v) is 16.1. The van der Waals surface area contributed by atoms with Crippen LogP contribution >= 0.6 is 0 Å². The van der Waals surface area contributed by atoms with Crippen LogP contribution in [0.4, 0.5) is 0 Å². The number of furan rings is 1. The van der Waals surface area contributed by atoms with Gasteiger partial charge in [0.15, 0.2) is 0 Å². The lowest BCUT2D eigenvalue weighted by atomic mass is 9.95. The summed E-state index contributed by atoms with van der Waals surface area (Å²) >= 11 is 0. The summed E-state index contributed by atoms with van der Waals surface area (Å²) in [5, 5.41) is 2.33. The van der Waals surface area contributed by atoms with E-state index in [4.69, 9.17) is 4.42 Å². The van der Waals surface area contributed by atoms with Crippen LogP contribution in [0.25, 0.3) is 44.2 Å². The highest BCUT2D eigenvalue weighted by Crippen LogP contribution is 2.37. The van der Waals surface area contributed by atoms with Crippen molar-refractivity contribution in [2.45, 2.75) is 19.8 Å². The van der Waals surface area contributed by atoms with Crippen molar-refractivity contribution in [1.29, 1.82) is 0 Å². The topological polar surface area (TPSA) is 13.1 Å². The third kappa shape index (κ3) is 2.80. The fraction of sp³-hybridized carbons (Fsp3) is 0.111. The van der Waals surface area contributed by atoms with E-state index in [0.29, 0.717) is 5.92 Å². The highest BCUT2D eigenvalue weighted by Gasteiger charge is 2.12. The Morgan fingerprint density at radius 3 is 2.14 bits per heavy atom. The summed E-state index contributed by atoms with van der Waals surface area (Å²) in [5.41, 5.74) is 8.05. The largest absolute Gasteiger partial charge is 0.455 e. The van der Waals surface area contributed by atoms with Crippen LogP contribution in [0.15, 0.2) is 95.4 Å². The molecule has 0 fully saturated rings. The quantitative estimate of drug-likeness (QED) is 0.316. The SMILES string of the molecule is CC(C)c1cccc(-c2cccc(-c3cccc4c3oc3ccccc34)c2)c1. The molecule has 5 rings (SSSR count). The Balaban J connectivity index is 1.67. The Morgan fingerprint density at radius 2 is 1.29 bits per heavy atom. The van der Waals surface area contributed by atoms with Gasteiger partial charge in [-0.25, -0.2) is 0 Å². The van der Waals surface area contributed by atoms with Gasteiger partial charge in [0.1, 0.15) is 11.2 Å². The predicted molar refractivity (Wildman–Crippen MR) is 119 cm³/mol. The van der Waals surface area contributed by atoms with Crippen molar-refractivity contribution in [3.63, 3.8) is 0 Å². The molecule has 0 saturated carbocycles. The van der Waals surface area contributed by atoms with E-state index in [9.17, 15) is 0 Å². The Labute approximate surface area is 165 Å². The summed E-state index contributed by atoms with van der Waals surface area (Å²) in [6, 6.07) is 32.2. The van der Waals surface area contributed by atoms with E-state index in [1.54, 1.807) is 0 Å². The fourth-order valence-electron chi connectivity index (χ4n) is 3.92. The summed E-state index contributed by atoms with van der Waals surface area (Å²) in [6.07, 6.45) is 0. The van der Waals surface area contributed by atoms with Crippen LogP contribution in [0.5, 0.6) is 0 Å². The van der Waals surface area contributed by atoms with Gasteiger partial charge in [-0.2, -0.15) is 0 Å². The molecule has 0 N–H and O–H groups in total. The molecule has 0 bridgehead atoms. The van der Waals surface area contributed by atoms with E-state index in [1.165, 1.54) is 33.0 Å². The Morgan fingerprint density at radius 1 is 0.607 bits per heavy atom. The van der Waals surface area contributed by atoms with Crippen LogP contribution in [0.2, 0.25) is 0 Å². The van der Waals surface area contributed by atoms with Gasteiger partial charge in [0, 0.05) is 16.3 Å². The summed E-state index contributed by atoms with van der Waals surface area (Å²) in [6.45, 7) is 4.47. The highest BCUT2D eigenvalue weighted by molar-refractivity contribution is 6.09.